The first-order valence-corrected chi connectivity index (χ1v) is 7.80. The number of ether oxygens (including phenoxy) is 2. The summed E-state index contributed by atoms with van der Waals surface area (Å²) in [6.07, 6.45) is 0. The summed E-state index contributed by atoms with van der Waals surface area (Å²) in [7, 11) is 1.62. The van der Waals surface area contributed by atoms with Crippen LogP contribution in [0, 0.1) is 0 Å². The third kappa shape index (κ3) is 4.46. The van der Waals surface area contributed by atoms with E-state index in [2.05, 4.69) is 29.8 Å². The molecule has 0 aliphatic rings. The molecule has 0 saturated carbocycles. The van der Waals surface area contributed by atoms with E-state index in [1.165, 1.54) is 4.88 Å². The van der Waals surface area contributed by atoms with Crippen molar-refractivity contribution in [3.05, 3.63) is 46.2 Å². The summed E-state index contributed by atoms with van der Waals surface area (Å²) in [5.74, 6) is 1.34. The van der Waals surface area contributed by atoms with Gasteiger partial charge < -0.3 is 19.9 Å². The van der Waals surface area contributed by atoms with Crippen molar-refractivity contribution in [3.63, 3.8) is 0 Å². The molecule has 0 spiro atoms. The van der Waals surface area contributed by atoms with Crippen LogP contribution in [0.25, 0.3) is 0 Å². The van der Waals surface area contributed by atoms with Gasteiger partial charge >= 0.3 is 0 Å². The first-order valence-electron chi connectivity index (χ1n) is 6.92. The molecule has 0 saturated heterocycles. The van der Waals surface area contributed by atoms with Crippen LogP contribution in [0.2, 0.25) is 0 Å². The Morgan fingerprint density at radius 3 is 2.81 bits per heavy atom. The van der Waals surface area contributed by atoms with Crippen molar-refractivity contribution < 1.29 is 14.6 Å². The lowest BCUT2D eigenvalue weighted by Crippen LogP contribution is -2.17. The first kappa shape index (κ1) is 15.8. The summed E-state index contributed by atoms with van der Waals surface area (Å²) in [4.78, 5) is 1.32. The zero-order valence-electron chi connectivity index (χ0n) is 12.3. The molecular formula is C16H21NO3S. The number of aliphatic hydroxyl groups excluding tert-OH is 1. The van der Waals surface area contributed by atoms with Crippen LogP contribution < -0.4 is 14.8 Å². The lowest BCUT2D eigenvalue weighted by atomic mass is 10.1. The van der Waals surface area contributed by atoms with Crippen molar-refractivity contribution >= 4 is 11.3 Å². The molecular weight excluding hydrogens is 286 g/mol. The van der Waals surface area contributed by atoms with E-state index < -0.39 is 0 Å². The minimum Gasteiger partial charge on any atom is -0.493 e. The van der Waals surface area contributed by atoms with Gasteiger partial charge in [0.2, 0.25) is 0 Å². The SMILES string of the molecule is COc1cc(C(C)NCc2cccs2)ccc1OCCO. The second-order valence-electron chi connectivity index (χ2n) is 4.66. The molecule has 1 aromatic carbocycles. The second-order valence-corrected chi connectivity index (χ2v) is 5.70. The Bertz CT molecular complexity index is 542. The molecule has 114 valence electrons. The van der Waals surface area contributed by atoms with Crippen molar-refractivity contribution in [2.75, 3.05) is 20.3 Å². The molecule has 0 radical (unpaired) electrons. The quantitative estimate of drug-likeness (QED) is 0.787. The van der Waals surface area contributed by atoms with Gasteiger partial charge in [0.15, 0.2) is 11.5 Å². The van der Waals surface area contributed by atoms with Crippen LogP contribution in [0.5, 0.6) is 11.5 Å². The Labute approximate surface area is 129 Å². The molecule has 2 aromatic rings. The van der Waals surface area contributed by atoms with Crippen molar-refractivity contribution in [1.29, 1.82) is 0 Å². The van der Waals surface area contributed by atoms with Gasteiger partial charge in [-0.05, 0) is 36.1 Å². The minimum absolute atomic E-state index is 0.0102. The minimum atomic E-state index is -0.0102. The molecule has 21 heavy (non-hydrogen) atoms. The third-order valence-electron chi connectivity index (χ3n) is 3.20. The molecule has 1 unspecified atom stereocenters. The summed E-state index contributed by atoms with van der Waals surface area (Å²) < 4.78 is 10.8. The number of benzene rings is 1. The first-order chi connectivity index (χ1) is 10.2. The Morgan fingerprint density at radius 1 is 1.29 bits per heavy atom. The molecule has 1 aromatic heterocycles. The van der Waals surface area contributed by atoms with Crippen LogP contribution in [0.15, 0.2) is 35.7 Å². The Morgan fingerprint density at radius 2 is 2.14 bits per heavy atom. The van der Waals surface area contributed by atoms with E-state index in [0.29, 0.717) is 11.5 Å². The van der Waals surface area contributed by atoms with Gasteiger partial charge in [-0.2, -0.15) is 0 Å². The average molecular weight is 307 g/mol. The fourth-order valence-electron chi connectivity index (χ4n) is 2.01. The highest BCUT2D eigenvalue weighted by Gasteiger charge is 2.10. The largest absolute Gasteiger partial charge is 0.493 e. The molecule has 2 rings (SSSR count). The van der Waals surface area contributed by atoms with Crippen molar-refractivity contribution in [2.24, 2.45) is 0 Å². The molecule has 0 fully saturated rings. The van der Waals surface area contributed by atoms with E-state index in [4.69, 9.17) is 14.6 Å². The smallest absolute Gasteiger partial charge is 0.161 e. The topological polar surface area (TPSA) is 50.7 Å². The van der Waals surface area contributed by atoms with E-state index in [0.717, 1.165) is 12.1 Å². The predicted octanol–water partition coefficient (Wildman–Crippen LogP) is 2.98. The van der Waals surface area contributed by atoms with Crippen LogP contribution in [0.1, 0.15) is 23.4 Å². The number of methoxy groups -OCH3 is 1. The Balaban J connectivity index is 2.01. The Kier molecular flexibility index (Phi) is 6.04. The second kappa shape index (κ2) is 8.02. The zero-order chi connectivity index (χ0) is 15.1. The van der Waals surface area contributed by atoms with E-state index in [-0.39, 0.29) is 19.3 Å². The molecule has 0 amide bonds. The number of nitrogens with one attached hydrogen (secondary N) is 1. The van der Waals surface area contributed by atoms with Gasteiger partial charge in [-0.3, -0.25) is 0 Å². The van der Waals surface area contributed by atoms with Crippen LogP contribution in [-0.4, -0.2) is 25.4 Å². The van der Waals surface area contributed by atoms with E-state index in [9.17, 15) is 0 Å². The van der Waals surface area contributed by atoms with E-state index >= 15 is 0 Å². The molecule has 1 atom stereocenters. The van der Waals surface area contributed by atoms with Crippen molar-refractivity contribution in [2.45, 2.75) is 19.5 Å². The maximum atomic E-state index is 8.82. The maximum absolute atomic E-state index is 8.82. The van der Waals surface area contributed by atoms with Gasteiger partial charge in [0, 0.05) is 17.5 Å². The van der Waals surface area contributed by atoms with Gasteiger partial charge in [0.25, 0.3) is 0 Å². The summed E-state index contributed by atoms with van der Waals surface area (Å²) in [5.41, 5.74) is 1.14. The van der Waals surface area contributed by atoms with Crippen LogP contribution in [-0.2, 0) is 6.54 Å². The molecule has 5 heteroatoms. The molecule has 0 aliphatic carbocycles. The summed E-state index contributed by atoms with van der Waals surface area (Å²) in [5, 5.41) is 14.4. The van der Waals surface area contributed by atoms with E-state index in [1.807, 2.05) is 18.2 Å². The van der Waals surface area contributed by atoms with Gasteiger partial charge in [0.05, 0.1) is 13.7 Å². The monoisotopic (exact) mass is 307 g/mol. The highest BCUT2D eigenvalue weighted by molar-refractivity contribution is 7.09. The molecule has 0 bridgehead atoms. The normalized spacial score (nSPS) is 12.1. The molecule has 4 nitrogen and oxygen atoms in total. The van der Waals surface area contributed by atoms with Crippen molar-refractivity contribution in [3.8, 4) is 11.5 Å². The number of rotatable bonds is 8. The lowest BCUT2D eigenvalue weighted by Gasteiger charge is -2.16. The summed E-state index contributed by atoms with van der Waals surface area (Å²) in [6, 6.07) is 10.3. The zero-order valence-corrected chi connectivity index (χ0v) is 13.2. The fourth-order valence-corrected chi connectivity index (χ4v) is 2.67. The predicted molar refractivity (Wildman–Crippen MR) is 85.1 cm³/mol. The number of hydrogen-bond acceptors (Lipinski definition) is 5. The molecule has 0 aliphatic heterocycles. The van der Waals surface area contributed by atoms with E-state index in [1.54, 1.807) is 18.4 Å². The van der Waals surface area contributed by atoms with Crippen LogP contribution in [0.3, 0.4) is 0 Å². The average Bonchev–Trinajstić information content (AvgIpc) is 3.03. The maximum Gasteiger partial charge on any atom is 0.161 e. The highest BCUT2D eigenvalue weighted by atomic mass is 32.1. The van der Waals surface area contributed by atoms with Gasteiger partial charge in [-0.15, -0.1) is 11.3 Å². The Hall–Kier alpha value is -1.56. The van der Waals surface area contributed by atoms with Gasteiger partial charge in [-0.25, -0.2) is 0 Å². The molecule has 2 N–H and O–H groups in total. The molecule has 1 heterocycles. The van der Waals surface area contributed by atoms with Crippen LogP contribution >= 0.6 is 11.3 Å². The number of aliphatic hydroxyl groups is 1. The summed E-state index contributed by atoms with van der Waals surface area (Å²) >= 11 is 1.75. The number of thiophene rings is 1. The van der Waals surface area contributed by atoms with Gasteiger partial charge in [0.1, 0.15) is 6.61 Å². The summed E-state index contributed by atoms with van der Waals surface area (Å²) in [6.45, 7) is 3.23. The standard InChI is InChI=1S/C16H21NO3S/c1-12(17-11-14-4-3-9-21-14)13-5-6-15(20-8-7-18)16(10-13)19-2/h3-6,9-10,12,17-18H,7-8,11H2,1-2H3. The third-order valence-corrected chi connectivity index (χ3v) is 4.08. The highest BCUT2D eigenvalue weighted by Crippen LogP contribution is 2.30. The fraction of sp³-hybridized carbons (Fsp3) is 0.375. The number of hydrogen-bond donors (Lipinski definition) is 2. The van der Waals surface area contributed by atoms with Gasteiger partial charge in [-0.1, -0.05) is 12.1 Å². The lowest BCUT2D eigenvalue weighted by molar-refractivity contribution is 0.196. The van der Waals surface area contributed by atoms with Crippen molar-refractivity contribution in [1.82, 2.24) is 5.32 Å². The van der Waals surface area contributed by atoms with Crippen LogP contribution in [0.4, 0.5) is 0 Å².